The maximum absolute atomic E-state index is 13.5. The number of carbonyl (C=O) groups excluding carboxylic acids is 1. The molecule has 0 unspecified atom stereocenters. The van der Waals surface area contributed by atoms with Crippen LogP contribution in [0.4, 0.5) is 8.78 Å². The molecule has 0 atom stereocenters. The molecule has 0 amide bonds. The fourth-order valence-electron chi connectivity index (χ4n) is 2.38. The van der Waals surface area contributed by atoms with Gasteiger partial charge in [0.1, 0.15) is 0 Å². The molecule has 0 aliphatic carbocycles. The molecule has 0 spiro atoms. The highest BCUT2D eigenvalue weighted by Gasteiger charge is 2.27. The summed E-state index contributed by atoms with van der Waals surface area (Å²) in [4.78, 5) is 16.1. The maximum atomic E-state index is 13.5. The molecule has 3 rings (SSSR count). The molecule has 0 saturated carbocycles. The molecule has 1 aliphatic rings. The topological polar surface area (TPSA) is 57.1 Å². The number of methoxy groups -OCH3 is 2. The summed E-state index contributed by atoms with van der Waals surface area (Å²) in [5.41, 5.74) is 0.451. The van der Waals surface area contributed by atoms with Crippen LogP contribution in [0.1, 0.15) is 11.1 Å². The summed E-state index contributed by atoms with van der Waals surface area (Å²) in [7, 11) is 2.95. The zero-order chi connectivity index (χ0) is 18.8. The van der Waals surface area contributed by atoms with Gasteiger partial charge in [-0.2, -0.15) is 0 Å². The second-order valence-electron chi connectivity index (χ2n) is 5.16. The summed E-state index contributed by atoms with van der Waals surface area (Å²) in [5, 5.41) is -0.129. The Hall–Kier alpha value is -2.93. The van der Waals surface area contributed by atoms with Gasteiger partial charge in [0.25, 0.3) is 0 Å². The first-order chi connectivity index (χ1) is 12.4. The number of carbonyl (C=O) groups is 1. The molecule has 2 aromatic carbocycles. The van der Waals surface area contributed by atoms with E-state index in [0.717, 1.165) is 12.1 Å². The fourth-order valence-corrected chi connectivity index (χ4v) is 2.61. The molecule has 0 fully saturated rings. The number of aliphatic imine (C=N–C) groups is 1. The number of ether oxygens (including phenoxy) is 3. The molecule has 0 saturated heterocycles. The second-order valence-corrected chi connectivity index (χ2v) is 5.57. The van der Waals surface area contributed by atoms with Crippen LogP contribution >= 0.6 is 11.6 Å². The number of hydrogen-bond donors (Lipinski definition) is 0. The monoisotopic (exact) mass is 379 g/mol. The maximum Gasteiger partial charge on any atom is 0.363 e. The van der Waals surface area contributed by atoms with E-state index in [2.05, 4.69) is 4.99 Å². The Labute approximate surface area is 152 Å². The molecule has 1 heterocycles. The van der Waals surface area contributed by atoms with Crippen LogP contribution in [0, 0.1) is 11.6 Å². The minimum Gasteiger partial charge on any atom is -0.493 e. The molecule has 0 bridgehead atoms. The second kappa shape index (κ2) is 7.13. The van der Waals surface area contributed by atoms with Crippen molar-refractivity contribution in [2.75, 3.05) is 14.2 Å². The zero-order valence-corrected chi connectivity index (χ0v) is 14.4. The van der Waals surface area contributed by atoms with Gasteiger partial charge in [-0.1, -0.05) is 23.7 Å². The van der Waals surface area contributed by atoms with Crippen molar-refractivity contribution in [2.24, 2.45) is 4.99 Å². The van der Waals surface area contributed by atoms with E-state index in [-0.39, 0.29) is 22.2 Å². The predicted molar refractivity (Wildman–Crippen MR) is 91.5 cm³/mol. The van der Waals surface area contributed by atoms with Crippen molar-refractivity contribution in [3.8, 4) is 11.5 Å². The molecular weight excluding hydrogens is 368 g/mol. The number of benzene rings is 2. The first kappa shape index (κ1) is 17.9. The zero-order valence-electron chi connectivity index (χ0n) is 13.7. The molecule has 1 aliphatic heterocycles. The van der Waals surface area contributed by atoms with Gasteiger partial charge in [0.05, 0.1) is 24.8 Å². The van der Waals surface area contributed by atoms with E-state index in [1.165, 1.54) is 20.3 Å². The van der Waals surface area contributed by atoms with Crippen LogP contribution in [-0.2, 0) is 9.53 Å². The lowest BCUT2D eigenvalue weighted by Crippen LogP contribution is -2.07. The van der Waals surface area contributed by atoms with E-state index >= 15 is 0 Å². The van der Waals surface area contributed by atoms with Crippen LogP contribution < -0.4 is 9.47 Å². The molecule has 8 heteroatoms. The number of cyclic esters (lactones) is 1. The van der Waals surface area contributed by atoms with Crippen LogP contribution in [0.15, 0.2) is 41.0 Å². The van der Waals surface area contributed by atoms with E-state index in [9.17, 15) is 13.6 Å². The van der Waals surface area contributed by atoms with Crippen molar-refractivity contribution >= 4 is 29.5 Å². The highest BCUT2D eigenvalue weighted by Crippen LogP contribution is 2.33. The van der Waals surface area contributed by atoms with Crippen molar-refractivity contribution in [3.63, 3.8) is 0 Å². The first-order valence-corrected chi connectivity index (χ1v) is 7.71. The number of esters is 1. The van der Waals surface area contributed by atoms with Crippen molar-refractivity contribution in [2.45, 2.75) is 0 Å². The number of hydrogen-bond acceptors (Lipinski definition) is 5. The van der Waals surface area contributed by atoms with Crippen LogP contribution in [0.25, 0.3) is 6.08 Å². The minimum absolute atomic E-state index is 0.0278. The van der Waals surface area contributed by atoms with E-state index in [0.29, 0.717) is 17.1 Å². The molecule has 134 valence electrons. The van der Waals surface area contributed by atoms with Gasteiger partial charge in [-0.15, -0.1) is 0 Å². The van der Waals surface area contributed by atoms with Gasteiger partial charge in [-0.25, -0.2) is 18.6 Å². The van der Waals surface area contributed by atoms with Gasteiger partial charge >= 0.3 is 5.97 Å². The Morgan fingerprint density at radius 2 is 1.88 bits per heavy atom. The molecular formula is C18H12ClF2NO4. The molecule has 5 nitrogen and oxygen atoms in total. The number of para-hydroxylation sites is 1. The summed E-state index contributed by atoms with van der Waals surface area (Å²) in [6.45, 7) is 0. The summed E-state index contributed by atoms with van der Waals surface area (Å²) < 4.78 is 42.2. The number of halogens is 3. The lowest BCUT2D eigenvalue weighted by molar-refractivity contribution is -0.129. The Morgan fingerprint density at radius 1 is 1.15 bits per heavy atom. The van der Waals surface area contributed by atoms with Crippen LogP contribution in [0.3, 0.4) is 0 Å². The van der Waals surface area contributed by atoms with E-state index in [1.54, 1.807) is 18.2 Å². The molecule has 26 heavy (non-hydrogen) atoms. The highest BCUT2D eigenvalue weighted by molar-refractivity contribution is 6.34. The lowest BCUT2D eigenvalue weighted by atomic mass is 10.1. The number of rotatable bonds is 4. The van der Waals surface area contributed by atoms with E-state index in [4.69, 9.17) is 25.8 Å². The minimum atomic E-state index is -1.13. The fraction of sp³-hybridized carbons (Fsp3) is 0.111. The van der Waals surface area contributed by atoms with Gasteiger partial charge in [0.2, 0.25) is 5.90 Å². The largest absolute Gasteiger partial charge is 0.493 e. The normalized spacial score (nSPS) is 15.0. The Balaban J connectivity index is 2.04. The van der Waals surface area contributed by atoms with Crippen LogP contribution in [-0.4, -0.2) is 26.1 Å². The predicted octanol–water partition coefficient (Wildman–Crippen LogP) is 3.98. The van der Waals surface area contributed by atoms with Crippen molar-refractivity contribution in [3.05, 3.63) is 63.8 Å². The SMILES string of the molecule is COc1cccc(/C=C2\N=C(c3cc(F)c(F)cc3Cl)OC2=O)c1OC. The Morgan fingerprint density at radius 3 is 2.58 bits per heavy atom. The van der Waals surface area contributed by atoms with Crippen molar-refractivity contribution in [1.82, 2.24) is 0 Å². The number of nitrogens with zero attached hydrogens (tertiary/aromatic N) is 1. The smallest absolute Gasteiger partial charge is 0.363 e. The summed E-state index contributed by atoms with van der Waals surface area (Å²) in [6, 6.07) is 6.71. The van der Waals surface area contributed by atoms with E-state index in [1.807, 2.05) is 0 Å². The quantitative estimate of drug-likeness (QED) is 0.458. The van der Waals surface area contributed by atoms with Gasteiger partial charge in [0, 0.05) is 5.56 Å². The third-order valence-electron chi connectivity index (χ3n) is 3.59. The van der Waals surface area contributed by atoms with Gasteiger partial charge in [-0.05, 0) is 24.3 Å². The van der Waals surface area contributed by atoms with Gasteiger partial charge in [0.15, 0.2) is 28.8 Å². The molecule has 0 N–H and O–H groups in total. The molecule has 2 aromatic rings. The van der Waals surface area contributed by atoms with Crippen LogP contribution in [0.5, 0.6) is 11.5 Å². The van der Waals surface area contributed by atoms with Crippen LogP contribution in [0.2, 0.25) is 5.02 Å². The molecule has 0 radical (unpaired) electrons. The van der Waals surface area contributed by atoms with Gasteiger partial charge in [-0.3, -0.25) is 0 Å². The van der Waals surface area contributed by atoms with E-state index < -0.39 is 17.6 Å². The summed E-state index contributed by atoms with van der Waals surface area (Å²) in [5.74, 6) is -2.33. The summed E-state index contributed by atoms with van der Waals surface area (Å²) in [6.07, 6.45) is 1.43. The lowest BCUT2D eigenvalue weighted by Gasteiger charge is -2.09. The average Bonchev–Trinajstić information content (AvgIpc) is 2.98. The Bertz CT molecular complexity index is 956. The van der Waals surface area contributed by atoms with Crippen molar-refractivity contribution < 1.29 is 27.8 Å². The molecule has 0 aromatic heterocycles. The third-order valence-corrected chi connectivity index (χ3v) is 3.90. The standard InChI is InChI=1S/C18H12ClF2NO4/c1-24-15-5-3-4-9(16(15)25-2)6-14-18(23)26-17(22-14)10-7-12(20)13(21)8-11(10)19/h3-8H,1-2H3/b14-6-. The van der Waals surface area contributed by atoms with Crippen molar-refractivity contribution in [1.29, 1.82) is 0 Å². The average molecular weight is 380 g/mol. The Kier molecular flexibility index (Phi) is 4.90. The third kappa shape index (κ3) is 3.25. The first-order valence-electron chi connectivity index (χ1n) is 7.33. The van der Waals surface area contributed by atoms with Gasteiger partial charge < -0.3 is 14.2 Å². The highest BCUT2D eigenvalue weighted by atomic mass is 35.5. The summed E-state index contributed by atoms with van der Waals surface area (Å²) >= 11 is 5.89.